The van der Waals surface area contributed by atoms with Crippen LogP contribution in [0.4, 0.5) is 0 Å². The Bertz CT molecular complexity index is 598. The molecule has 3 aliphatic heterocycles. The Morgan fingerprint density at radius 3 is 2.46 bits per heavy atom. The van der Waals surface area contributed by atoms with Crippen molar-refractivity contribution in [1.82, 2.24) is 0 Å². The van der Waals surface area contributed by atoms with Crippen LogP contribution in [-0.2, 0) is 28.4 Å². The first-order valence-electron chi connectivity index (χ1n) is 8.70. The largest absolute Gasteiger partial charge is 0.393 e. The van der Waals surface area contributed by atoms with E-state index in [2.05, 4.69) is 0 Å². The zero-order valence-electron chi connectivity index (χ0n) is 14.5. The van der Waals surface area contributed by atoms with Crippen LogP contribution in [0.5, 0.6) is 0 Å². The Labute approximate surface area is 151 Å². The average Bonchev–Trinajstić information content (AvgIpc) is 2.88. The third kappa shape index (κ3) is 3.39. The summed E-state index contributed by atoms with van der Waals surface area (Å²) in [6, 6.07) is 9.62. The maximum Gasteiger partial charge on any atom is 0.186 e. The van der Waals surface area contributed by atoms with Gasteiger partial charge < -0.3 is 38.6 Å². The van der Waals surface area contributed by atoms with Gasteiger partial charge >= 0.3 is 0 Å². The number of rotatable bonds is 3. The zero-order valence-corrected chi connectivity index (χ0v) is 14.5. The molecule has 4 rings (SSSR count). The van der Waals surface area contributed by atoms with Crippen molar-refractivity contribution in [2.75, 3.05) is 33.5 Å². The molecule has 0 radical (unpaired) electrons. The normalized spacial score (nSPS) is 43.2. The molecule has 1 aromatic carbocycles. The molecule has 0 amide bonds. The summed E-state index contributed by atoms with van der Waals surface area (Å²) in [5.41, 5.74) is -0.562. The summed E-state index contributed by atoms with van der Waals surface area (Å²) in [7, 11) is 1.52. The van der Waals surface area contributed by atoms with Crippen LogP contribution in [0.25, 0.3) is 0 Å². The monoisotopic (exact) mass is 368 g/mol. The van der Waals surface area contributed by atoms with Crippen molar-refractivity contribution in [2.45, 2.75) is 42.6 Å². The molecule has 0 aromatic heterocycles. The number of aliphatic hydroxyl groups excluding tert-OH is 1. The fourth-order valence-electron chi connectivity index (χ4n) is 3.52. The van der Waals surface area contributed by atoms with E-state index in [4.69, 9.17) is 28.4 Å². The Kier molecular flexibility index (Phi) is 5.27. The lowest BCUT2D eigenvalue weighted by molar-refractivity contribution is -0.363. The van der Waals surface area contributed by atoms with Gasteiger partial charge in [0, 0.05) is 12.7 Å². The van der Waals surface area contributed by atoms with Gasteiger partial charge in [0.05, 0.1) is 26.4 Å². The van der Waals surface area contributed by atoms with Gasteiger partial charge in [-0.2, -0.15) is 0 Å². The first kappa shape index (κ1) is 18.3. The van der Waals surface area contributed by atoms with Crippen LogP contribution < -0.4 is 0 Å². The highest BCUT2D eigenvalue weighted by molar-refractivity contribution is 5.16. The van der Waals surface area contributed by atoms with Crippen molar-refractivity contribution in [1.29, 1.82) is 0 Å². The quantitative estimate of drug-likeness (QED) is 0.769. The van der Waals surface area contributed by atoms with Crippen LogP contribution >= 0.6 is 0 Å². The fourth-order valence-corrected chi connectivity index (χ4v) is 3.52. The summed E-state index contributed by atoms with van der Waals surface area (Å²) in [5, 5.41) is 19.8. The number of methoxy groups -OCH3 is 1. The number of fused-ring (bicyclic) bond motifs is 3. The second-order valence-electron chi connectivity index (χ2n) is 6.89. The van der Waals surface area contributed by atoms with Crippen LogP contribution in [0.1, 0.15) is 11.9 Å². The summed E-state index contributed by atoms with van der Waals surface area (Å²) in [6.45, 7) is -0.287. The van der Waals surface area contributed by atoms with Gasteiger partial charge in [0.25, 0.3) is 0 Å². The number of hydrogen-bond acceptors (Lipinski definition) is 8. The first-order chi connectivity index (χ1) is 12.6. The van der Waals surface area contributed by atoms with E-state index in [9.17, 15) is 10.2 Å². The van der Waals surface area contributed by atoms with E-state index in [1.54, 1.807) is 0 Å². The molecule has 3 saturated heterocycles. The van der Waals surface area contributed by atoms with E-state index in [0.29, 0.717) is 6.61 Å². The Morgan fingerprint density at radius 1 is 1.04 bits per heavy atom. The summed E-state index contributed by atoms with van der Waals surface area (Å²) >= 11 is 0. The summed E-state index contributed by atoms with van der Waals surface area (Å²) < 4.78 is 35.0. The molecule has 2 N–H and O–H groups in total. The number of hydrogen-bond donors (Lipinski definition) is 2. The Hall–Kier alpha value is -1.10. The van der Waals surface area contributed by atoms with E-state index < -0.39 is 43.1 Å². The third-order valence-electron chi connectivity index (χ3n) is 4.97. The Morgan fingerprint density at radius 2 is 1.77 bits per heavy atom. The molecular weight excluding hydrogens is 344 g/mol. The summed E-state index contributed by atoms with van der Waals surface area (Å²) in [5.74, 6) is 0. The van der Waals surface area contributed by atoms with E-state index in [0.717, 1.165) is 5.56 Å². The molecule has 0 saturated carbocycles. The summed E-state index contributed by atoms with van der Waals surface area (Å²) in [6.07, 6.45) is -3.16. The number of ether oxygens (including phenoxy) is 6. The standard InChI is InChI=1S/C18H24O8/c1-21-17-15-14(23-9-18(20,8-19)10-24-15)13-12(25-17)7-22-16(26-13)11-5-3-2-4-6-11/h2-6,12-17,19-20H,7-10H2,1H3/t12-,13-,14+,15-,16-,17+,18?/m1/s1. The zero-order chi connectivity index (χ0) is 18.1. The minimum absolute atomic E-state index is 0.0649. The molecule has 0 aliphatic carbocycles. The molecule has 8 heteroatoms. The van der Waals surface area contributed by atoms with Gasteiger partial charge in [0.1, 0.15) is 30.0 Å². The average molecular weight is 368 g/mol. The molecule has 3 heterocycles. The van der Waals surface area contributed by atoms with Crippen LogP contribution in [-0.4, -0.2) is 80.1 Å². The van der Waals surface area contributed by atoms with Gasteiger partial charge in [-0.1, -0.05) is 30.3 Å². The molecule has 0 spiro atoms. The SMILES string of the molecule is CO[C@H]1O[C@@H]2CO[C@@H](c3ccccc3)O[C@H]2[C@@H]2OCC(O)(CO)CO[C@@H]12. The van der Waals surface area contributed by atoms with Crippen LogP contribution in [0.15, 0.2) is 30.3 Å². The van der Waals surface area contributed by atoms with E-state index in [1.807, 2.05) is 30.3 Å². The van der Waals surface area contributed by atoms with E-state index >= 15 is 0 Å². The van der Waals surface area contributed by atoms with Crippen LogP contribution in [0, 0.1) is 0 Å². The van der Waals surface area contributed by atoms with Gasteiger partial charge in [-0.25, -0.2) is 0 Å². The van der Waals surface area contributed by atoms with Crippen molar-refractivity contribution < 1.29 is 38.6 Å². The van der Waals surface area contributed by atoms with Gasteiger partial charge in [0.15, 0.2) is 12.6 Å². The topological polar surface area (TPSA) is 95.8 Å². The van der Waals surface area contributed by atoms with Crippen molar-refractivity contribution in [3.05, 3.63) is 35.9 Å². The minimum atomic E-state index is -1.46. The van der Waals surface area contributed by atoms with Gasteiger partial charge in [-0.05, 0) is 0 Å². The van der Waals surface area contributed by atoms with Crippen molar-refractivity contribution >= 4 is 0 Å². The van der Waals surface area contributed by atoms with Gasteiger partial charge in [-0.3, -0.25) is 0 Å². The highest BCUT2D eigenvalue weighted by Gasteiger charge is 2.53. The smallest absolute Gasteiger partial charge is 0.186 e. The molecule has 1 unspecified atom stereocenters. The van der Waals surface area contributed by atoms with Crippen molar-refractivity contribution in [2.24, 2.45) is 0 Å². The minimum Gasteiger partial charge on any atom is -0.393 e. The van der Waals surface area contributed by atoms with Gasteiger partial charge in [0.2, 0.25) is 0 Å². The second kappa shape index (κ2) is 7.49. The number of aliphatic hydroxyl groups is 2. The molecule has 1 aromatic rings. The van der Waals surface area contributed by atoms with Crippen LogP contribution in [0.2, 0.25) is 0 Å². The maximum atomic E-state index is 10.3. The lowest BCUT2D eigenvalue weighted by Gasteiger charge is -2.47. The highest BCUT2D eigenvalue weighted by atomic mass is 16.8. The van der Waals surface area contributed by atoms with E-state index in [-0.39, 0.29) is 19.3 Å². The van der Waals surface area contributed by atoms with E-state index in [1.165, 1.54) is 7.11 Å². The maximum absolute atomic E-state index is 10.3. The van der Waals surface area contributed by atoms with Crippen molar-refractivity contribution in [3.8, 4) is 0 Å². The molecule has 3 fully saturated rings. The molecule has 7 atom stereocenters. The lowest BCUT2D eigenvalue weighted by atomic mass is 9.97. The predicted octanol–water partition coefficient (Wildman–Crippen LogP) is -0.0207. The molecule has 8 nitrogen and oxygen atoms in total. The third-order valence-corrected chi connectivity index (χ3v) is 4.97. The van der Waals surface area contributed by atoms with Crippen molar-refractivity contribution in [3.63, 3.8) is 0 Å². The Balaban J connectivity index is 1.56. The molecule has 26 heavy (non-hydrogen) atoms. The fraction of sp³-hybridized carbons (Fsp3) is 0.667. The molecular formula is C18H24O8. The lowest BCUT2D eigenvalue weighted by Crippen LogP contribution is -2.63. The molecule has 3 aliphatic rings. The molecule has 144 valence electrons. The first-order valence-corrected chi connectivity index (χ1v) is 8.70. The number of benzene rings is 1. The van der Waals surface area contributed by atoms with Gasteiger partial charge in [-0.15, -0.1) is 0 Å². The predicted molar refractivity (Wildman–Crippen MR) is 87.2 cm³/mol. The summed E-state index contributed by atoms with van der Waals surface area (Å²) in [4.78, 5) is 0. The molecule has 0 bridgehead atoms. The highest BCUT2D eigenvalue weighted by Crippen LogP contribution is 2.37. The second-order valence-corrected chi connectivity index (χ2v) is 6.89. The van der Waals surface area contributed by atoms with Crippen LogP contribution in [0.3, 0.4) is 0 Å².